The molecule has 4 nitrogen and oxygen atoms in total. The second kappa shape index (κ2) is 4.74. The molecular formula is C16H16ClN3O. The zero-order valence-corrected chi connectivity index (χ0v) is 12.7. The van der Waals surface area contributed by atoms with Crippen molar-refractivity contribution in [2.75, 3.05) is 10.6 Å². The SMILES string of the molecule is CC1(C)C(=O)N(Cc2nc(N)ccc2Cl)c2ccccc21. The number of hydrogen-bond acceptors (Lipinski definition) is 3. The molecule has 1 aliphatic heterocycles. The highest BCUT2D eigenvalue weighted by Gasteiger charge is 2.43. The lowest BCUT2D eigenvalue weighted by Crippen LogP contribution is -2.36. The van der Waals surface area contributed by atoms with Gasteiger partial charge in [-0.15, -0.1) is 0 Å². The lowest BCUT2D eigenvalue weighted by Gasteiger charge is -2.20. The summed E-state index contributed by atoms with van der Waals surface area (Å²) in [7, 11) is 0. The van der Waals surface area contributed by atoms with E-state index < -0.39 is 5.41 Å². The van der Waals surface area contributed by atoms with Crippen LogP contribution in [0.15, 0.2) is 36.4 Å². The Hall–Kier alpha value is -2.07. The Labute approximate surface area is 128 Å². The summed E-state index contributed by atoms with van der Waals surface area (Å²) in [5.74, 6) is 0.442. The summed E-state index contributed by atoms with van der Waals surface area (Å²) in [4.78, 5) is 18.7. The monoisotopic (exact) mass is 301 g/mol. The molecule has 21 heavy (non-hydrogen) atoms. The van der Waals surface area contributed by atoms with Gasteiger partial charge in [-0.25, -0.2) is 4.98 Å². The number of para-hydroxylation sites is 1. The van der Waals surface area contributed by atoms with Gasteiger partial charge >= 0.3 is 0 Å². The highest BCUT2D eigenvalue weighted by atomic mass is 35.5. The minimum Gasteiger partial charge on any atom is -0.384 e. The Morgan fingerprint density at radius 3 is 2.71 bits per heavy atom. The van der Waals surface area contributed by atoms with Crippen molar-refractivity contribution in [1.82, 2.24) is 4.98 Å². The van der Waals surface area contributed by atoms with Crippen LogP contribution in [-0.4, -0.2) is 10.9 Å². The fourth-order valence-corrected chi connectivity index (χ4v) is 2.88. The van der Waals surface area contributed by atoms with E-state index in [2.05, 4.69) is 4.98 Å². The van der Waals surface area contributed by atoms with Crippen LogP contribution in [0.3, 0.4) is 0 Å². The molecule has 1 aromatic carbocycles. The lowest BCUT2D eigenvalue weighted by molar-refractivity contribution is -0.122. The third-order valence-electron chi connectivity index (χ3n) is 3.90. The molecule has 0 radical (unpaired) electrons. The van der Waals surface area contributed by atoms with Gasteiger partial charge in [-0.3, -0.25) is 4.79 Å². The normalized spacial score (nSPS) is 16.1. The molecule has 1 amide bonds. The predicted octanol–water partition coefficient (Wildman–Crippen LogP) is 3.14. The van der Waals surface area contributed by atoms with Crippen LogP contribution in [0.1, 0.15) is 25.1 Å². The topological polar surface area (TPSA) is 59.2 Å². The summed E-state index contributed by atoms with van der Waals surface area (Å²) in [6.45, 7) is 4.19. The van der Waals surface area contributed by atoms with Crippen molar-refractivity contribution in [2.45, 2.75) is 25.8 Å². The van der Waals surface area contributed by atoms with Gasteiger partial charge in [-0.05, 0) is 37.6 Å². The van der Waals surface area contributed by atoms with Crippen LogP contribution < -0.4 is 10.6 Å². The molecule has 1 aliphatic rings. The summed E-state index contributed by atoms with van der Waals surface area (Å²) in [5.41, 5.74) is 7.71. The Bertz CT molecular complexity index is 727. The smallest absolute Gasteiger partial charge is 0.237 e. The molecule has 5 heteroatoms. The van der Waals surface area contributed by atoms with Gasteiger partial charge in [-0.2, -0.15) is 0 Å². The Kier molecular flexibility index (Phi) is 3.14. The fourth-order valence-electron chi connectivity index (χ4n) is 2.72. The number of anilines is 2. The van der Waals surface area contributed by atoms with Gasteiger partial charge in [0.25, 0.3) is 0 Å². The third-order valence-corrected chi connectivity index (χ3v) is 4.24. The van der Waals surface area contributed by atoms with Crippen molar-refractivity contribution >= 4 is 29.0 Å². The molecule has 0 saturated heterocycles. The molecule has 2 N–H and O–H groups in total. The van der Waals surface area contributed by atoms with Gasteiger partial charge in [0.2, 0.25) is 5.91 Å². The van der Waals surface area contributed by atoms with E-state index in [0.29, 0.717) is 23.1 Å². The quantitative estimate of drug-likeness (QED) is 0.927. The van der Waals surface area contributed by atoms with Crippen molar-refractivity contribution in [3.05, 3.63) is 52.7 Å². The maximum absolute atomic E-state index is 12.7. The standard InChI is InChI=1S/C16H16ClN3O/c1-16(2)10-5-3-4-6-13(10)20(15(16)21)9-12-11(17)7-8-14(18)19-12/h3-8H,9H2,1-2H3,(H2,18,19). The molecule has 2 heterocycles. The highest BCUT2D eigenvalue weighted by Crippen LogP contribution is 2.42. The molecular weight excluding hydrogens is 286 g/mol. The molecule has 0 saturated carbocycles. The number of nitrogen functional groups attached to an aromatic ring is 1. The first-order chi connectivity index (χ1) is 9.91. The number of pyridine rings is 1. The summed E-state index contributed by atoms with van der Waals surface area (Å²) >= 11 is 6.16. The number of nitrogens with two attached hydrogens (primary N) is 1. The Balaban J connectivity index is 2.04. The van der Waals surface area contributed by atoms with E-state index in [9.17, 15) is 4.79 Å². The first-order valence-corrected chi connectivity index (χ1v) is 7.11. The van der Waals surface area contributed by atoms with Crippen molar-refractivity contribution in [1.29, 1.82) is 0 Å². The average molecular weight is 302 g/mol. The van der Waals surface area contributed by atoms with Gasteiger partial charge in [0.1, 0.15) is 5.82 Å². The van der Waals surface area contributed by atoms with Gasteiger partial charge in [-0.1, -0.05) is 29.8 Å². The van der Waals surface area contributed by atoms with Crippen molar-refractivity contribution in [3.63, 3.8) is 0 Å². The number of aromatic nitrogens is 1. The molecule has 0 bridgehead atoms. The second-order valence-electron chi connectivity index (χ2n) is 5.70. The van der Waals surface area contributed by atoms with Gasteiger partial charge in [0, 0.05) is 5.69 Å². The molecule has 0 fully saturated rings. The molecule has 0 aliphatic carbocycles. The fraction of sp³-hybridized carbons (Fsp3) is 0.250. The maximum Gasteiger partial charge on any atom is 0.237 e. The van der Waals surface area contributed by atoms with Crippen LogP contribution in [0.5, 0.6) is 0 Å². The first kappa shape index (κ1) is 13.9. The summed E-state index contributed by atoms with van der Waals surface area (Å²) in [6.07, 6.45) is 0. The van der Waals surface area contributed by atoms with E-state index >= 15 is 0 Å². The number of carbonyl (C=O) groups is 1. The third kappa shape index (κ3) is 2.16. The number of fused-ring (bicyclic) bond motifs is 1. The van der Waals surface area contributed by atoms with E-state index in [1.165, 1.54) is 0 Å². The van der Waals surface area contributed by atoms with E-state index in [1.54, 1.807) is 17.0 Å². The number of nitrogens with zero attached hydrogens (tertiary/aromatic N) is 2. The van der Waals surface area contributed by atoms with Crippen molar-refractivity contribution in [2.24, 2.45) is 0 Å². The number of amides is 1. The zero-order chi connectivity index (χ0) is 15.2. The minimum atomic E-state index is -0.538. The number of carbonyl (C=O) groups excluding carboxylic acids is 1. The van der Waals surface area contributed by atoms with Gasteiger partial charge in [0.15, 0.2) is 0 Å². The maximum atomic E-state index is 12.7. The van der Waals surface area contributed by atoms with Gasteiger partial charge < -0.3 is 10.6 Å². The summed E-state index contributed by atoms with van der Waals surface area (Å²) in [6, 6.07) is 11.2. The van der Waals surface area contributed by atoms with Crippen LogP contribution in [0.2, 0.25) is 5.02 Å². The van der Waals surface area contributed by atoms with Crippen LogP contribution >= 0.6 is 11.6 Å². The Morgan fingerprint density at radius 1 is 1.24 bits per heavy atom. The summed E-state index contributed by atoms with van der Waals surface area (Å²) in [5, 5.41) is 0.513. The zero-order valence-electron chi connectivity index (χ0n) is 11.9. The number of hydrogen-bond donors (Lipinski definition) is 1. The van der Waals surface area contributed by atoms with Crippen LogP contribution in [0.4, 0.5) is 11.5 Å². The van der Waals surface area contributed by atoms with Crippen LogP contribution in [-0.2, 0) is 16.8 Å². The number of halogens is 1. The number of benzene rings is 1. The van der Waals surface area contributed by atoms with Gasteiger partial charge in [0.05, 0.1) is 22.7 Å². The largest absolute Gasteiger partial charge is 0.384 e. The van der Waals surface area contributed by atoms with E-state index in [0.717, 1.165) is 11.3 Å². The molecule has 3 rings (SSSR count). The number of rotatable bonds is 2. The van der Waals surface area contributed by atoms with Crippen LogP contribution in [0, 0.1) is 0 Å². The first-order valence-electron chi connectivity index (χ1n) is 6.73. The minimum absolute atomic E-state index is 0.0454. The molecule has 108 valence electrons. The van der Waals surface area contributed by atoms with Crippen LogP contribution in [0.25, 0.3) is 0 Å². The molecule has 0 atom stereocenters. The summed E-state index contributed by atoms with van der Waals surface area (Å²) < 4.78 is 0. The van der Waals surface area contributed by atoms with E-state index in [-0.39, 0.29) is 5.91 Å². The second-order valence-corrected chi connectivity index (χ2v) is 6.11. The molecule has 2 aromatic rings. The van der Waals surface area contributed by atoms with Crippen molar-refractivity contribution in [3.8, 4) is 0 Å². The highest BCUT2D eigenvalue weighted by molar-refractivity contribution is 6.31. The van der Waals surface area contributed by atoms with Crippen molar-refractivity contribution < 1.29 is 4.79 Å². The molecule has 0 spiro atoms. The van der Waals surface area contributed by atoms with E-state index in [1.807, 2.05) is 38.1 Å². The molecule has 0 unspecified atom stereocenters. The lowest BCUT2D eigenvalue weighted by atomic mass is 9.86. The predicted molar refractivity (Wildman–Crippen MR) is 84.3 cm³/mol. The Morgan fingerprint density at radius 2 is 1.95 bits per heavy atom. The van der Waals surface area contributed by atoms with E-state index in [4.69, 9.17) is 17.3 Å². The average Bonchev–Trinajstić information content (AvgIpc) is 2.65. The molecule has 1 aromatic heterocycles.